The zero-order valence-corrected chi connectivity index (χ0v) is 16.3. The molecule has 2 aliphatic rings. The van der Waals surface area contributed by atoms with Crippen LogP contribution in [0.4, 0.5) is 0 Å². The first kappa shape index (κ1) is 17.7. The van der Waals surface area contributed by atoms with Gasteiger partial charge in [-0.1, -0.05) is 30.3 Å². The van der Waals surface area contributed by atoms with E-state index in [0.29, 0.717) is 13.0 Å². The number of amides is 1. The second kappa shape index (κ2) is 7.16. The van der Waals surface area contributed by atoms with E-state index < -0.39 is 9.84 Å². The number of hydrogen-bond acceptors (Lipinski definition) is 4. The van der Waals surface area contributed by atoms with Crippen molar-refractivity contribution in [1.29, 1.82) is 0 Å². The van der Waals surface area contributed by atoms with E-state index >= 15 is 0 Å². The average Bonchev–Trinajstić information content (AvgIpc) is 3.23. The predicted molar refractivity (Wildman–Crippen MR) is 104 cm³/mol. The Bertz CT molecular complexity index is 879. The highest BCUT2D eigenvalue weighted by Crippen LogP contribution is 2.32. The lowest BCUT2D eigenvalue weighted by molar-refractivity contribution is 0.0686. The van der Waals surface area contributed by atoms with Crippen LogP contribution in [0.2, 0.25) is 0 Å². The van der Waals surface area contributed by atoms with Gasteiger partial charge in [0.05, 0.1) is 16.4 Å². The summed E-state index contributed by atoms with van der Waals surface area (Å²) in [7, 11) is -3.04. The summed E-state index contributed by atoms with van der Waals surface area (Å²) in [5.41, 5.74) is 2.34. The van der Waals surface area contributed by atoms with E-state index in [2.05, 4.69) is 0 Å². The van der Waals surface area contributed by atoms with Gasteiger partial charge in [-0.15, -0.1) is 11.3 Å². The molecule has 1 fully saturated rings. The summed E-state index contributed by atoms with van der Waals surface area (Å²) in [6.07, 6.45) is 5.02. The maximum atomic E-state index is 13.3. The van der Waals surface area contributed by atoms with E-state index in [1.165, 1.54) is 23.3 Å². The van der Waals surface area contributed by atoms with E-state index in [1.54, 1.807) is 16.2 Å². The number of rotatable bonds is 4. The summed E-state index contributed by atoms with van der Waals surface area (Å²) < 4.78 is 24.0. The number of benzene rings is 1. The van der Waals surface area contributed by atoms with Crippen LogP contribution < -0.4 is 0 Å². The van der Waals surface area contributed by atoms with Crippen LogP contribution in [-0.2, 0) is 29.2 Å². The molecule has 2 heterocycles. The summed E-state index contributed by atoms with van der Waals surface area (Å²) in [5, 5.41) is 0. The lowest BCUT2D eigenvalue weighted by atomic mass is 9.99. The fourth-order valence-electron chi connectivity index (χ4n) is 3.91. The Balaban J connectivity index is 1.63. The van der Waals surface area contributed by atoms with E-state index in [1.807, 2.05) is 36.4 Å². The minimum Gasteiger partial charge on any atom is -0.330 e. The minimum absolute atomic E-state index is 0.0182. The topological polar surface area (TPSA) is 54.5 Å². The SMILES string of the molecule is O=C(c1cc2c(s1)CCCC2)N(Cc1ccccc1)[C@@H]1CCS(=O)(=O)C1. The Hall–Kier alpha value is -1.66. The molecule has 0 spiro atoms. The summed E-state index contributed by atoms with van der Waals surface area (Å²) >= 11 is 1.60. The summed E-state index contributed by atoms with van der Waals surface area (Å²) in [4.78, 5) is 17.2. The third kappa shape index (κ3) is 3.71. The Morgan fingerprint density at radius 1 is 1.15 bits per heavy atom. The van der Waals surface area contributed by atoms with Crippen LogP contribution in [0.25, 0.3) is 0 Å². The van der Waals surface area contributed by atoms with E-state index in [4.69, 9.17) is 0 Å². The number of aryl methyl sites for hydroxylation is 2. The van der Waals surface area contributed by atoms with Gasteiger partial charge in [0, 0.05) is 17.5 Å². The van der Waals surface area contributed by atoms with Crippen molar-refractivity contribution in [2.75, 3.05) is 11.5 Å². The number of thiophene rings is 1. The molecule has 6 heteroatoms. The highest BCUT2D eigenvalue weighted by Gasteiger charge is 2.35. The molecule has 4 rings (SSSR count). The Labute approximate surface area is 158 Å². The largest absolute Gasteiger partial charge is 0.330 e. The summed E-state index contributed by atoms with van der Waals surface area (Å²) in [5.74, 6) is 0.240. The smallest absolute Gasteiger partial charge is 0.264 e. The summed E-state index contributed by atoms with van der Waals surface area (Å²) in [6.45, 7) is 0.461. The fourth-order valence-corrected chi connectivity index (χ4v) is 6.85. The van der Waals surface area contributed by atoms with Gasteiger partial charge < -0.3 is 4.90 Å². The first-order valence-electron chi connectivity index (χ1n) is 9.19. The van der Waals surface area contributed by atoms with Crippen molar-refractivity contribution in [3.05, 3.63) is 57.3 Å². The molecule has 0 radical (unpaired) electrons. The third-order valence-corrected chi connectivity index (χ3v) is 8.29. The summed E-state index contributed by atoms with van der Waals surface area (Å²) in [6, 6.07) is 11.6. The van der Waals surface area contributed by atoms with Crippen molar-refractivity contribution in [2.45, 2.75) is 44.7 Å². The molecular weight excluding hydrogens is 366 g/mol. The molecule has 1 saturated heterocycles. The van der Waals surface area contributed by atoms with Crippen molar-refractivity contribution < 1.29 is 13.2 Å². The average molecular weight is 390 g/mol. The van der Waals surface area contributed by atoms with Crippen LogP contribution in [0.1, 0.15) is 44.9 Å². The third-order valence-electron chi connectivity index (χ3n) is 5.31. The lowest BCUT2D eigenvalue weighted by Crippen LogP contribution is -2.40. The lowest BCUT2D eigenvalue weighted by Gasteiger charge is -2.28. The molecule has 1 aromatic carbocycles. The van der Waals surface area contributed by atoms with Crippen molar-refractivity contribution in [2.24, 2.45) is 0 Å². The number of carbonyl (C=O) groups is 1. The van der Waals surface area contributed by atoms with Gasteiger partial charge in [0.1, 0.15) is 0 Å². The number of nitrogens with zero attached hydrogens (tertiary/aromatic N) is 1. The van der Waals surface area contributed by atoms with Gasteiger partial charge in [-0.05, 0) is 49.3 Å². The zero-order valence-electron chi connectivity index (χ0n) is 14.7. The molecule has 1 aromatic heterocycles. The van der Waals surface area contributed by atoms with Gasteiger partial charge in [-0.25, -0.2) is 8.42 Å². The van der Waals surface area contributed by atoms with Crippen LogP contribution in [0.5, 0.6) is 0 Å². The first-order valence-corrected chi connectivity index (χ1v) is 11.8. The van der Waals surface area contributed by atoms with Gasteiger partial charge in [-0.3, -0.25) is 4.79 Å². The highest BCUT2D eigenvalue weighted by molar-refractivity contribution is 7.91. The molecule has 1 atom stereocenters. The van der Waals surface area contributed by atoms with Gasteiger partial charge >= 0.3 is 0 Å². The highest BCUT2D eigenvalue weighted by atomic mass is 32.2. The van der Waals surface area contributed by atoms with Gasteiger partial charge in [0.2, 0.25) is 0 Å². The number of hydrogen-bond donors (Lipinski definition) is 0. The van der Waals surface area contributed by atoms with Gasteiger partial charge in [-0.2, -0.15) is 0 Å². The van der Waals surface area contributed by atoms with Gasteiger partial charge in [0.25, 0.3) is 5.91 Å². The van der Waals surface area contributed by atoms with Crippen LogP contribution in [0.3, 0.4) is 0 Å². The van der Waals surface area contributed by atoms with Crippen molar-refractivity contribution in [1.82, 2.24) is 4.90 Å². The Kier molecular flexibility index (Phi) is 4.88. The number of carbonyl (C=O) groups excluding carboxylic acids is 1. The van der Waals surface area contributed by atoms with E-state index in [-0.39, 0.29) is 23.5 Å². The molecule has 0 unspecified atom stereocenters. The second-order valence-electron chi connectivity index (χ2n) is 7.24. The van der Waals surface area contributed by atoms with Crippen LogP contribution in [0, 0.1) is 0 Å². The molecule has 4 nitrogen and oxygen atoms in total. The predicted octanol–water partition coefficient (Wildman–Crippen LogP) is 3.46. The maximum absolute atomic E-state index is 13.3. The molecular formula is C20H23NO3S2. The minimum atomic E-state index is -3.04. The molecule has 138 valence electrons. The molecule has 26 heavy (non-hydrogen) atoms. The van der Waals surface area contributed by atoms with Crippen LogP contribution in [0.15, 0.2) is 36.4 Å². The van der Waals surface area contributed by atoms with Crippen molar-refractivity contribution in [3.8, 4) is 0 Å². The first-order chi connectivity index (χ1) is 12.5. The van der Waals surface area contributed by atoms with Crippen LogP contribution in [-0.4, -0.2) is 36.8 Å². The Morgan fingerprint density at radius 2 is 1.92 bits per heavy atom. The molecule has 0 bridgehead atoms. The molecule has 1 aliphatic carbocycles. The Morgan fingerprint density at radius 3 is 2.62 bits per heavy atom. The molecule has 1 amide bonds. The monoisotopic (exact) mass is 389 g/mol. The normalized spacial score (nSPS) is 21.3. The van der Waals surface area contributed by atoms with Gasteiger partial charge in [0.15, 0.2) is 9.84 Å². The standard InChI is InChI=1S/C20H23NO3S2/c22-20(19-12-16-8-4-5-9-18(16)25-19)21(13-15-6-2-1-3-7-15)17-10-11-26(23,24)14-17/h1-3,6-7,12,17H,4-5,8-11,13-14H2/t17-/m1/s1. The van der Waals surface area contributed by atoms with Crippen molar-refractivity contribution >= 4 is 27.1 Å². The molecule has 2 aromatic rings. The number of sulfone groups is 1. The fraction of sp³-hybridized carbons (Fsp3) is 0.450. The second-order valence-corrected chi connectivity index (χ2v) is 10.6. The zero-order chi connectivity index (χ0) is 18.1. The molecule has 1 aliphatic heterocycles. The molecule has 0 N–H and O–H groups in total. The van der Waals surface area contributed by atoms with E-state index in [0.717, 1.165) is 23.3 Å². The quantitative estimate of drug-likeness (QED) is 0.805. The van der Waals surface area contributed by atoms with E-state index in [9.17, 15) is 13.2 Å². The van der Waals surface area contributed by atoms with Crippen molar-refractivity contribution in [3.63, 3.8) is 0 Å². The molecule has 0 saturated carbocycles. The maximum Gasteiger partial charge on any atom is 0.264 e. The van der Waals surface area contributed by atoms with Crippen LogP contribution >= 0.6 is 11.3 Å². The number of fused-ring (bicyclic) bond motifs is 1.